The first-order chi connectivity index (χ1) is 9.44. The van der Waals surface area contributed by atoms with Crippen molar-refractivity contribution in [3.05, 3.63) is 23.2 Å². The molecule has 7 heteroatoms. The molecule has 0 saturated carbocycles. The Balaban J connectivity index is 2.26. The Bertz CT molecular complexity index is 577. The number of nitrogens with one attached hydrogen (secondary N) is 2. The summed E-state index contributed by atoms with van der Waals surface area (Å²) in [6.07, 6.45) is 1.78. The first-order valence-corrected chi connectivity index (χ1v) is 8.39. The molecule has 0 bridgehead atoms. The maximum Gasteiger partial charge on any atom is 0.244 e. The molecule has 1 saturated heterocycles. The SMILES string of the molecule is COc1cc(Cl)ccc1S(=O)(=O)NC1CCCNC1C. The minimum absolute atomic E-state index is 0.108. The van der Waals surface area contributed by atoms with Gasteiger partial charge in [-0.15, -0.1) is 0 Å². The maximum atomic E-state index is 12.5. The van der Waals surface area contributed by atoms with Crippen molar-refractivity contribution in [2.24, 2.45) is 0 Å². The summed E-state index contributed by atoms with van der Waals surface area (Å²) >= 11 is 5.86. The van der Waals surface area contributed by atoms with Crippen molar-refractivity contribution in [2.75, 3.05) is 13.7 Å². The van der Waals surface area contributed by atoms with E-state index in [4.69, 9.17) is 16.3 Å². The molecular formula is C13H19ClN2O3S. The van der Waals surface area contributed by atoms with E-state index < -0.39 is 10.0 Å². The van der Waals surface area contributed by atoms with Gasteiger partial charge in [0, 0.05) is 23.2 Å². The van der Waals surface area contributed by atoms with Gasteiger partial charge in [-0.3, -0.25) is 0 Å². The van der Waals surface area contributed by atoms with Crippen molar-refractivity contribution in [1.82, 2.24) is 10.0 Å². The van der Waals surface area contributed by atoms with Gasteiger partial charge < -0.3 is 10.1 Å². The van der Waals surface area contributed by atoms with Gasteiger partial charge in [-0.2, -0.15) is 0 Å². The van der Waals surface area contributed by atoms with Gasteiger partial charge in [-0.05, 0) is 38.4 Å². The zero-order valence-electron chi connectivity index (χ0n) is 11.5. The summed E-state index contributed by atoms with van der Waals surface area (Å²) < 4.78 is 32.8. The van der Waals surface area contributed by atoms with Crippen LogP contribution in [0, 0.1) is 0 Å². The van der Waals surface area contributed by atoms with Crippen molar-refractivity contribution in [2.45, 2.75) is 36.7 Å². The number of sulfonamides is 1. The zero-order valence-corrected chi connectivity index (χ0v) is 13.1. The molecular weight excluding hydrogens is 300 g/mol. The maximum absolute atomic E-state index is 12.5. The lowest BCUT2D eigenvalue weighted by Crippen LogP contribution is -2.51. The number of piperidine rings is 1. The first-order valence-electron chi connectivity index (χ1n) is 6.53. The minimum atomic E-state index is -3.63. The molecule has 2 N–H and O–H groups in total. The molecule has 2 unspecified atom stereocenters. The minimum Gasteiger partial charge on any atom is -0.495 e. The largest absolute Gasteiger partial charge is 0.495 e. The Hall–Kier alpha value is -0.820. The van der Waals surface area contributed by atoms with Gasteiger partial charge in [0.2, 0.25) is 10.0 Å². The second kappa shape index (κ2) is 6.30. The van der Waals surface area contributed by atoms with Gasteiger partial charge in [-0.25, -0.2) is 13.1 Å². The van der Waals surface area contributed by atoms with Crippen LogP contribution in [0.4, 0.5) is 0 Å². The highest BCUT2D eigenvalue weighted by Crippen LogP contribution is 2.27. The van der Waals surface area contributed by atoms with E-state index >= 15 is 0 Å². The van der Waals surface area contributed by atoms with E-state index in [9.17, 15) is 8.42 Å². The lowest BCUT2D eigenvalue weighted by molar-refractivity contribution is 0.348. The Morgan fingerprint density at radius 2 is 2.20 bits per heavy atom. The van der Waals surface area contributed by atoms with E-state index in [0.717, 1.165) is 19.4 Å². The molecule has 0 aliphatic carbocycles. The van der Waals surface area contributed by atoms with Crippen molar-refractivity contribution in [1.29, 1.82) is 0 Å². The van der Waals surface area contributed by atoms with Gasteiger partial charge in [-0.1, -0.05) is 11.6 Å². The number of benzene rings is 1. The number of rotatable bonds is 4. The van der Waals surface area contributed by atoms with E-state index in [-0.39, 0.29) is 22.7 Å². The van der Waals surface area contributed by atoms with Crippen LogP contribution in [-0.2, 0) is 10.0 Å². The number of ether oxygens (including phenoxy) is 1. The Morgan fingerprint density at radius 3 is 2.85 bits per heavy atom. The second-order valence-corrected chi connectivity index (χ2v) is 7.03. The van der Waals surface area contributed by atoms with Crippen LogP contribution < -0.4 is 14.8 Å². The lowest BCUT2D eigenvalue weighted by Gasteiger charge is -2.30. The summed E-state index contributed by atoms with van der Waals surface area (Å²) in [4.78, 5) is 0.113. The molecule has 1 heterocycles. The molecule has 5 nitrogen and oxygen atoms in total. The fourth-order valence-electron chi connectivity index (χ4n) is 2.33. The number of hydrogen-bond acceptors (Lipinski definition) is 4. The van der Waals surface area contributed by atoms with Crippen LogP contribution in [0.25, 0.3) is 0 Å². The van der Waals surface area contributed by atoms with Crippen LogP contribution in [0.15, 0.2) is 23.1 Å². The quantitative estimate of drug-likeness (QED) is 0.888. The van der Waals surface area contributed by atoms with E-state index in [2.05, 4.69) is 10.0 Å². The Morgan fingerprint density at radius 1 is 1.45 bits per heavy atom. The highest BCUT2D eigenvalue weighted by Gasteiger charge is 2.28. The van der Waals surface area contributed by atoms with Crippen LogP contribution in [0.2, 0.25) is 5.02 Å². The van der Waals surface area contributed by atoms with Crippen molar-refractivity contribution in [3.8, 4) is 5.75 Å². The molecule has 1 aromatic rings. The summed E-state index contributed by atoms with van der Waals surface area (Å²) in [5.41, 5.74) is 0. The van der Waals surface area contributed by atoms with Crippen LogP contribution in [0.3, 0.4) is 0 Å². The Labute approximate surface area is 124 Å². The van der Waals surface area contributed by atoms with Gasteiger partial charge in [0.1, 0.15) is 10.6 Å². The normalized spacial score (nSPS) is 23.6. The fraction of sp³-hybridized carbons (Fsp3) is 0.538. The molecule has 2 rings (SSSR count). The smallest absolute Gasteiger partial charge is 0.244 e. The molecule has 0 aromatic heterocycles. The molecule has 1 aromatic carbocycles. The van der Waals surface area contributed by atoms with E-state index in [0.29, 0.717) is 5.02 Å². The van der Waals surface area contributed by atoms with Crippen LogP contribution in [0.5, 0.6) is 5.75 Å². The van der Waals surface area contributed by atoms with Gasteiger partial charge in [0.05, 0.1) is 7.11 Å². The molecule has 0 radical (unpaired) electrons. The number of hydrogen-bond donors (Lipinski definition) is 2. The van der Waals surface area contributed by atoms with E-state index in [1.807, 2.05) is 6.92 Å². The molecule has 0 amide bonds. The summed E-state index contributed by atoms with van der Waals surface area (Å²) in [6.45, 7) is 2.90. The van der Waals surface area contributed by atoms with Crippen LogP contribution in [0.1, 0.15) is 19.8 Å². The van der Waals surface area contributed by atoms with Crippen molar-refractivity contribution >= 4 is 21.6 Å². The molecule has 2 atom stereocenters. The molecule has 0 spiro atoms. The average molecular weight is 319 g/mol. The number of methoxy groups -OCH3 is 1. The summed E-state index contributed by atoms with van der Waals surface area (Å²) in [6, 6.07) is 4.50. The monoisotopic (exact) mass is 318 g/mol. The average Bonchev–Trinajstić information content (AvgIpc) is 2.40. The topological polar surface area (TPSA) is 67.4 Å². The zero-order chi connectivity index (χ0) is 14.8. The molecule has 20 heavy (non-hydrogen) atoms. The van der Waals surface area contributed by atoms with Crippen LogP contribution >= 0.6 is 11.6 Å². The Kier molecular flexibility index (Phi) is 4.90. The molecule has 1 aliphatic rings. The van der Waals surface area contributed by atoms with Crippen LogP contribution in [-0.4, -0.2) is 34.2 Å². The number of halogens is 1. The standard InChI is InChI=1S/C13H19ClN2O3S/c1-9-11(4-3-7-15-9)16-20(17,18)13-6-5-10(14)8-12(13)19-2/h5-6,8-9,11,15-16H,3-4,7H2,1-2H3. The van der Waals surface area contributed by atoms with Gasteiger partial charge >= 0.3 is 0 Å². The summed E-state index contributed by atoms with van der Waals surface area (Å²) in [5, 5.41) is 3.70. The van der Waals surface area contributed by atoms with Gasteiger partial charge in [0.15, 0.2) is 0 Å². The van der Waals surface area contributed by atoms with Crippen molar-refractivity contribution < 1.29 is 13.2 Å². The van der Waals surface area contributed by atoms with E-state index in [1.54, 1.807) is 6.07 Å². The summed E-state index contributed by atoms with van der Waals surface area (Å²) in [5.74, 6) is 0.251. The van der Waals surface area contributed by atoms with E-state index in [1.165, 1.54) is 19.2 Å². The second-order valence-electron chi connectivity index (χ2n) is 4.91. The predicted octanol–water partition coefficient (Wildman–Crippen LogP) is 1.77. The highest BCUT2D eigenvalue weighted by atomic mass is 35.5. The summed E-state index contributed by atoms with van der Waals surface area (Å²) in [7, 11) is -2.20. The van der Waals surface area contributed by atoms with Crippen molar-refractivity contribution in [3.63, 3.8) is 0 Å². The molecule has 1 aliphatic heterocycles. The third kappa shape index (κ3) is 3.44. The fourth-order valence-corrected chi connectivity index (χ4v) is 4.00. The first kappa shape index (κ1) is 15.6. The van der Waals surface area contributed by atoms with Gasteiger partial charge in [0.25, 0.3) is 0 Å². The third-order valence-electron chi connectivity index (χ3n) is 3.48. The predicted molar refractivity (Wildman–Crippen MR) is 78.8 cm³/mol. The third-order valence-corrected chi connectivity index (χ3v) is 5.25. The molecule has 1 fully saturated rings. The molecule has 112 valence electrons. The highest BCUT2D eigenvalue weighted by molar-refractivity contribution is 7.89. The lowest BCUT2D eigenvalue weighted by atomic mass is 10.0.